The van der Waals surface area contributed by atoms with Crippen LogP contribution in [0.1, 0.15) is 22.7 Å². The molecule has 3 N–H and O–H groups in total. The normalized spacial score (nSPS) is 12.5. The second-order valence-corrected chi connectivity index (χ2v) is 5.19. The van der Waals surface area contributed by atoms with Gasteiger partial charge in [-0.15, -0.1) is 0 Å². The van der Waals surface area contributed by atoms with Crippen molar-refractivity contribution < 1.29 is 8.78 Å². The fraction of sp³-hybridized carbons (Fsp3) is 0.143. The van der Waals surface area contributed by atoms with E-state index in [0.717, 1.165) is 11.1 Å². The number of hydrogen-bond donors (Lipinski definition) is 2. The molecule has 0 saturated heterocycles. The summed E-state index contributed by atoms with van der Waals surface area (Å²) in [5.41, 5.74) is 4.87. The lowest BCUT2D eigenvalue weighted by molar-refractivity contribution is 0.597. The van der Waals surface area contributed by atoms with E-state index < -0.39 is 6.04 Å². The topological polar surface area (TPSA) is 38.0 Å². The zero-order chi connectivity index (χ0) is 14.0. The molecular formula is C14H13BrF2N2. The van der Waals surface area contributed by atoms with Crippen LogP contribution in [-0.2, 0) is 0 Å². The molecule has 2 rings (SSSR count). The van der Waals surface area contributed by atoms with Gasteiger partial charge in [0.1, 0.15) is 11.6 Å². The number of nitrogens with two attached hydrogens (primary N) is 1. The summed E-state index contributed by atoms with van der Waals surface area (Å²) in [5.74, 6) is 4.87. The van der Waals surface area contributed by atoms with Crippen molar-refractivity contribution >= 4 is 15.9 Å². The molecule has 0 heterocycles. The Morgan fingerprint density at radius 2 is 1.84 bits per heavy atom. The van der Waals surface area contributed by atoms with Crippen molar-refractivity contribution in [2.75, 3.05) is 0 Å². The predicted molar refractivity (Wildman–Crippen MR) is 74.4 cm³/mol. The summed E-state index contributed by atoms with van der Waals surface area (Å²) >= 11 is 3.13. The van der Waals surface area contributed by atoms with Gasteiger partial charge in [0.05, 0.1) is 10.5 Å². The van der Waals surface area contributed by atoms with Crippen LogP contribution in [-0.4, -0.2) is 0 Å². The van der Waals surface area contributed by atoms with E-state index in [0.29, 0.717) is 10.0 Å². The van der Waals surface area contributed by atoms with Crippen LogP contribution in [0.3, 0.4) is 0 Å². The molecule has 0 radical (unpaired) electrons. The highest BCUT2D eigenvalue weighted by molar-refractivity contribution is 9.10. The van der Waals surface area contributed by atoms with Gasteiger partial charge in [0, 0.05) is 0 Å². The molecule has 0 fully saturated rings. The average Bonchev–Trinajstić information content (AvgIpc) is 2.33. The molecule has 0 saturated carbocycles. The Morgan fingerprint density at radius 3 is 2.42 bits per heavy atom. The van der Waals surface area contributed by atoms with Gasteiger partial charge in [-0.2, -0.15) is 0 Å². The SMILES string of the molecule is Cc1cc(F)cc(C(NN)c2ccc(F)c(Br)c2)c1. The number of nitrogens with one attached hydrogen (secondary N) is 1. The summed E-state index contributed by atoms with van der Waals surface area (Å²) in [7, 11) is 0. The molecule has 0 aliphatic rings. The summed E-state index contributed by atoms with van der Waals surface area (Å²) in [6.45, 7) is 1.81. The van der Waals surface area contributed by atoms with E-state index in [9.17, 15) is 8.78 Å². The second-order valence-electron chi connectivity index (χ2n) is 4.34. The van der Waals surface area contributed by atoms with E-state index in [1.54, 1.807) is 19.1 Å². The van der Waals surface area contributed by atoms with Gasteiger partial charge in [0.15, 0.2) is 0 Å². The lowest BCUT2D eigenvalue weighted by Crippen LogP contribution is -2.29. The fourth-order valence-electron chi connectivity index (χ4n) is 2.01. The molecule has 19 heavy (non-hydrogen) atoms. The summed E-state index contributed by atoms with van der Waals surface area (Å²) in [4.78, 5) is 0. The molecule has 0 spiro atoms. The highest BCUT2D eigenvalue weighted by atomic mass is 79.9. The standard InChI is InChI=1S/C14H13BrF2N2/c1-8-4-10(6-11(16)5-8)14(19-18)9-2-3-13(17)12(15)7-9/h2-7,14,19H,18H2,1H3. The molecule has 100 valence electrons. The molecule has 5 heteroatoms. The lowest BCUT2D eigenvalue weighted by Gasteiger charge is -2.18. The van der Waals surface area contributed by atoms with E-state index in [1.165, 1.54) is 18.2 Å². The van der Waals surface area contributed by atoms with Crippen molar-refractivity contribution in [3.8, 4) is 0 Å². The van der Waals surface area contributed by atoms with Gasteiger partial charge >= 0.3 is 0 Å². The minimum absolute atomic E-state index is 0.323. The first-order valence-electron chi connectivity index (χ1n) is 5.69. The molecule has 2 aromatic carbocycles. The number of halogens is 3. The van der Waals surface area contributed by atoms with Crippen LogP contribution in [0.5, 0.6) is 0 Å². The van der Waals surface area contributed by atoms with Gasteiger partial charge in [-0.1, -0.05) is 12.1 Å². The second kappa shape index (κ2) is 5.77. The van der Waals surface area contributed by atoms with Crippen molar-refractivity contribution in [1.82, 2.24) is 5.43 Å². The van der Waals surface area contributed by atoms with Gasteiger partial charge in [0.2, 0.25) is 0 Å². The van der Waals surface area contributed by atoms with E-state index in [-0.39, 0.29) is 11.6 Å². The first-order chi connectivity index (χ1) is 9.01. The Labute approximate surface area is 118 Å². The Hall–Kier alpha value is -1.30. The van der Waals surface area contributed by atoms with Crippen molar-refractivity contribution in [1.29, 1.82) is 0 Å². The maximum Gasteiger partial charge on any atom is 0.137 e. The average molecular weight is 327 g/mol. The lowest BCUT2D eigenvalue weighted by atomic mass is 9.98. The zero-order valence-corrected chi connectivity index (χ0v) is 11.8. The monoisotopic (exact) mass is 326 g/mol. The molecule has 0 aromatic heterocycles. The molecule has 0 amide bonds. The smallest absolute Gasteiger partial charge is 0.137 e. The number of rotatable bonds is 3. The van der Waals surface area contributed by atoms with Crippen LogP contribution in [0.4, 0.5) is 8.78 Å². The first-order valence-corrected chi connectivity index (χ1v) is 6.48. The van der Waals surface area contributed by atoms with Crippen LogP contribution in [0.25, 0.3) is 0 Å². The van der Waals surface area contributed by atoms with Gasteiger partial charge in [0.25, 0.3) is 0 Å². The summed E-state index contributed by atoms with van der Waals surface area (Å²) < 4.78 is 27.0. The third-order valence-electron chi connectivity index (χ3n) is 2.84. The highest BCUT2D eigenvalue weighted by Crippen LogP contribution is 2.26. The molecule has 0 aliphatic carbocycles. The van der Waals surface area contributed by atoms with Gasteiger partial charge in [-0.3, -0.25) is 5.84 Å². The van der Waals surface area contributed by atoms with Gasteiger partial charge < -0.3 is 0 Å². The van der Waals surface area contributed by atoms with Gasteiger partial charge in [-0.25, -0.2) is 14.2 Å². The molecule has 2 nitrogen and oxygen atoms in total. The van der Waals surface area contributed by atoms with E-state index >= 15 is 0 Å². The quantitative estimate of drug-likeness (QED) is 0.668. The molecule has 1 atom stereocenters. The Kier molecular flexibility index (Phi) is 4.29. The van der Waals surface area contributed by atoms with Crippen molar-refractivity contribution in [2.45, 2.75) is 13.0 Å². The molecule has 1 unspecified atom stereocenters. The van der Waals surface area contributed by atoms with Crippen molar-refractivity contribution in [2.24, 2.45) is 5.84 Å². The largest absolute Gasteiger partial charge is 0.271 e. The molecule has 2 aromatic rings. The van der Waals surface area contributed by atoms with Crippen LogP contribution < -0.4 is 11.3 Å². The number of hydrazine groups is 1. The van der Waals surface area contributed by atoms with E-state index in [4.69, 9.17) is 5.84 Å². The van der Waals surface area contributed by atoms with Crippen LogP contribution >= 0.6 is 15.9 Å². The predicted octanol–water partition coefficient (Wildman–Crippen LogP) is 3.59. The van der Waals surface area contributed by atoms with Crippen molar-refractivity contribution in [3.63, 3.8) is 0 Å². The maximum absolute atomic E-state index is 13.4. The number of benzene rings is 2. The zero-order valence-electron chi connectivity index (χ0n) is 10.3. The minimum Gasteiger partial charge on any atom is -0.271 e. The van der Waals surface area contributed by atoms with Crippen LogP contribution in [0, 0.1) is 18.6 Å². The Morgan fingerprint density at radius 1 is 1.11 bits per heavy atom. The third kappa shape index (κ3) is 3.18. The maximum atomic E-state index is 13.4. The number of hydrogen-bond acceptors (Lipinski definition) is 2. The fourth-order valence-corrected chi connectivity index (χ4v) is 2.40. The summed E-state index contributed by atoms with van der Waals surface area (Å²) in [6, 6.07) is 8.88. The first kappa shape index (κ1) is 14.1. The van der Waals surface area contributed by atoms with E-state index in [2.05, 4.69) is 21.4 Å². The van der Waals surface area contributed by atoms with Crippen molar-refractivity contribution in [3.05, 3.63) is 69.2 Å². The summed E-state index contributed by atoms with van der Waals surface area (Å²) in [6.07, 6.45) is 0. The van der Waals surface area contributed by atoms with Crippen LogP contribution in [0.2, 0.25) is 0 Å². The Bertz CT molecular complexity index is 582. The third-order valence-corrected chi connectivity index (χ3v) is 3.45. The minimum atomic E-state index is -0.397. The molecule has 0 bridgehead atoms. The highest BCUT2D eigenvalue weighted by Gasteiger charge is 2.15. The Balaban J connectivity index is 2.46. The molecule has 0 aliphatic heterocycles. The summed E-state index contributed by atoms with van der Waals surface area (Å²) in [5, 5.41) is 0. The number of aryl methyl sites for hydroxylation is 1. The molecular weight excluding hydrogens is 314 g/mol. The van der Waals surface area contributed by atoms with E-state index in [1.807, 2.05) is 6.07 Å². The van der Waals surface area contributed by atoms with Crippen LogP contribution in [0.15, 0.2) is 40.9 Å². The van der Waals surface area contributed by atoms with Gasteiger partial charge in [-0.05, 0) is 63.8 Å².